The SMILES string of the molecule is C[C@H](O)CCc1ccc([N+](=O)[O-])c(NCCOc2ccccc2)c1. The molecule has 2 aromatic rings. The number of hydrogen-bond donors (Lipinski definition) is 2. The summed E-state index contributed by atoms with van der Waals surface area (Å²) in [4.78, 5) is 10.7. The molecule has 0 heterocycles. The van der Waals surface area contributed by atoms with Gasteiger partial charge in [-0.1, -0.05) is 24.3 Å². The van der Waals surface area contributed by atoms with Crippen LogP contribution in [0.1, 0.15) is 18.9 Å². The Balaban J connectivity index is 1.95. The largest absolute Gasteiger partial charge is 0.492 e. The van der Waals surface area contributed by atoms with Crippen molar-refractivity contribution in [3.63, 3.8) is 0 Å². The number of aryl methyl sites for hydroxylation is 1. The van der Waals surface area contributed by atoms with Crippen molar-refractivity contribution in [1.29, 1.82) is 0 Å². The molecule has 0 amide bonds. The van der Waals surface area contributed by atoms with Gasteiger partial charge in [0.05, 0.1) is 11.0 Å². The number of benzene rings is 2. The molecule has 0 aliphatic carbocycles. The van der Waals surface area contributed by atoms with E-state index in [1.54, 1.807) is 19.1 Å². The number of ether oxygens (including phenoxy) is 1. The molecule has 2 aromatic carbocycles. The molecule has 0 aliphatic rings. The van der Waals surface area contributed by atoms with Crippen LogP contribution in [0.2, 0.25) is 0 Å². The number of aliphatic hydroxyl groups is 1. The number of anilines is 1. The van der Waals surface area contributed by atoms with E-state index in [1.807, 2.05) is 30.3 Å². The first-order valence-corrected chi connectivity index (χ1v) is 7.93. The predicted octanol–water partition coefficient (Wildman–Crippen LogP) is 3.40. The van der Waals surface area contributed by atoms with E-state index in [-0.39, 0.29) is 5.69 Å². The predicted molar refractivity (Wildman–Crippen MR) is 93.5 cm³/mol. The van der Waals surface area contributed by atoms with Crippen LogP contribution in [0.25, 0.3) is 0 Å². The first-order valence-electron chi connectivity index (χ1n) is 7.93. The van der Waals surface area contributed by atoms with Gasteiger partial charge in [-0.25, -0.2) is 0 Å². The lowest BCUT2D eigenvalue weighted by Gasteiger charge is -2.11. The number of nitro groups is 1. The maximum absolute atomic E-state index is 11.1. The molecule has 0 aromatic heterocycles. The highest BCUT2D eigenvalue weighted by molar-refractivity contribution is 5.62. The number of aliphatic hydroxyl groups excluding tert-OH is 1. The maximum atomic E-state index is 11.1. The molecule has 0 bridgehead atoms. The average Bonchev–Trinajstić information content (AvgIpc) is 2.57. The minimum Gasteiger partial charge on any atom is -0.492 e. The van der Waals surface area contributed by atoms with Gasteiger partial charge in [-0.15, -0.1) is 0 Å². The van der Waals surface area contributed by atoms with Crippen LogP contribution in [0.4, 0.5) is 11.4 Å². The number of nitrogens with one attached hydrogen (secondary N) is 1. The minimum absolute atomic E-state index is 0.0375. The van der Waals surface area contributed by atoms with Gasteiger partial charge in [0.2, 0.25) is 0 Å². The zero-order chi connectivity index (χ0) is 17.4. The molecule has 0 radical (unpaired) electrons. The second-order valence-corrected chi connectivity index (χ2v) is 5.58. The lowest BCUT2D eigenvalue weighted by molar-refractivity contribution is -0.384. The topological polar surface area (TPSA) is 84.6 Å². The lowest BCUT2D eigenvalue weighted by Crippen LogP contribution is -2.13. The second kappa shape index (κ2) is 8.88. The molecule has 128 valence electrons. The van der Waals surface area contributed by atoms with Gasteiger partial charge in [-0.3, -0.25) is 10.1 Å². The zero-order valence-corrected chi connectivity index (χ0v) is 13.6. The van der Waals surface area contributed by atoms with Gasteiger partial charge in [0, 0.05) is 12.6 Å². The molecule has 0 aliphatic heterocycles. The molecule has 1 atom stereocenters. The van der Waals surface area contributed by atoms with Gasteiger partial charge >= 0.3 is 0 Å². The molecule has 2 rings (SSSR count). The van der Waals surface area contributed by atoms with Gasteiger partial charge < -0.3 is 15.2 Å². The van der Waals surface area contributed by atoms with Crippen LogP contribution in [-0.2, 0) is 6.42 Å². The highest BCUT2D eigenvalue weighted by Gasteiger charge is 2.14. The molecular weight excluding hydrogens is 308 g/mol. The first-order chi connectivity index (χ1) is 11.6. The number of rotatable bonds is 9. The Bertz CT molecular complexity index is 659. The number of hydrogen-bond acceptors (Lipinski definition) is 5. The van der Waals surface area contributed by atoms with Crippen molar-refractivity contribution < 1.29 is 14.8 Å². The van der Waals surface area contributed by atoms with Crippen LogP contribution in [0, 0.1) is 10.1 Å². The summed E-state index contributed by atoms with van der Waals surface area (Å²) in [5.74, 6) is 0.763. The van der Waals surface area contributed by atoms with Crippen LogP contribution < -0.4 is 10.1 Å². The molecule has 0 unspecified atom stereocenters. The molecule has 24 heavy (non-hydrogen) atoms. The average molecular weight is 330 g/mol. The van der Waals surface area contributed by atoms with E-state index in [0.717, 1.165) is 11.3 Å². The summed E-state index contributed by atoms with van der Waals surface area (Å²) in [6.45, 7) is 2.58. The Hall–Kier alpha value is -2.60. The third-order valence-corrected chi connectivity index (χ3v) is 3.54. The smallest absolute Gasteiger partial charge is 0.292 e. The van der Waals surface area contributed by atoms with Gasteiger partial charge in [0.1, 0.15) is 18.0 Å². The maximum Gasteiger partial charge on any atom is 0.292 e. The van der Waals surface area contributed by atoms with E-state index < -0.39 is 11.0 Å². The molecule has 6 nitrogen and oxygen atoms in total. The number of nitrogens with zero attached hydrogens (tertiary/aromatic N) is 1. The number of nitro benzene ring substituents is 1. The molecule has 2 N–H and O–H groups in total. The Morgan fingerprint density at radius 3 is 2.67 bits per heavy atom. The highest BCUT2D eigenvalue weighted by Crippen LogP contribution is 2.26. The van der Waals surface area contributed by atoms with Crippen LogP contribution >= 0.6 is 0 Å². The van der Waals surface area contributed by atoms with E-state index in [0.29, 0.717) is 31.7 Å². The third kappa shape index (κ3) is 5.55. The third-order valence-electron chi connectivity index (χ3n) is 3.54. The highest BCUT2D eigenvalue weighted by atomic mass is 16.6. The Kier molecular flexibility index (Phi) is 6.57. The standard InChI is InChI=1S/C18H22N2O4/c1-14(21)7-8-15-9-10-18(20(22)23)17(13-15)19-11-12-24-16-5-3-2-4-6-16/h2-6,9-10,13-14,19,21H,7-8,11-12H2,1H3/t14-/m0/s1. The van der Waals surface area contributed by atoms with E-state index in [9.17, 15) is 15.2 Å². The summed E-state index contributed by atoms with van der Waals surface area (Å²) in [5.41, 5.74) is 1.46. The summed E-state index contributed by atoms with van der Waals surface area (Å²) >= 11 is 0. The summed E-state index contributed by atoms with van der Waals surface area (Å²) in [5, 5.41) is 23.6. The summed E-state index contributed by atoms with van der Waals surface area (Å²) in [6, 6.07) is 14.4. The fraction of sp³-hybridized carbons (Fsp3) is 0.333. The lowest BCUT2D eigenvalue weighted by atomic mass is 10.1. The Morgan fingerprint density at radius 2 is 2.00 bits per heavy atom. The van der Waals surface area contributed by atoms with Crippen molar-refractivity contribution in [2.75, 3.05) is 18.5 Å². The Morgan fingerprint density at radius 1 is 1.25 bits per heavy atom. The fourth-order valence-corrected chi connectivity index (χ4v) is 2.29. The summed E-state index contributed by atoms with van der Waals surface area (Å²) in [7, 11) is 0. The molecule has 0 saturated carbocycles. The van der Waals surface area contributed by atoms with Crippen molar-refractivity contribution in [3.05, 3.63) is 64.2 Å². The molecule has 6 heteroatoms. The van der Waals surface area contributed by atoms with Crippen molar-refractivity contribution in [2.24, 2.45) is 0 Å². The van der Waals surface area contributed by atoms with Gasteiger partial charge in [-0.2, -0.15) is 0 Å². The van der Waals surface area contributed by atoms with E-state index >= 15 is 0 Å². The van der Waals surface area contributed by atoms with E-state index in [4.69, 9.17) is 4.74 Å². The van der Waals surface area contributed by atoms with Crippen molar-refractivity contribution >= 4 is 11.4 Å². The Labute approximate surface area is 141 Å². The van der Waals surface area contributed by atoms with Crippen LogP contribution in [-0.4, -0.2) is 29.3 Å². The normalized spacial score (nSPS) is 11.8. The molecular formula is C18H22N2O4. The van der Waals surface area contributed by atoms with E-state index in [2.05, 4.69) is 5.32 Å². The van der Waals surface area contributed by atoms with E-state index in [1.165, 1.54) is 6.07 Å². The van der Waals surface area contributed by atoms with Crippen LogP contribution in [0.5, 0.6) is 5.75 Å². The quantitative estimate of drug-likeness (QED) is 0.418. The fourth-order valence-electron chi connectivity index (χ4n) is 2.29. The second-order valence-electron chi connectivity index (χ2n) is 5.58. The van der Waals surface area contributed by atoms with Crippen molar-refractivity contribution in [2.45, 2.75) is 25.9 Å². The number of para-hydroxylation sites is 1. The van der Waals surface area contributed by atoms with Crippen molar-refractivity contribution in [3.8, 4) is 5.75 Å². The molecule has 0 saturated heterocycles. The monoisotopic (exact) mass is 330 g/mol. The van der Waals surface area contributed by atoms with Crippen LogP contribution in [0.15, 0.2) is 48.5 Å². The summed E-state index contributed by atoms with van der Waals surface area (Å²) < 4.78 is 5.57. The molecule has 0 fully saturated rings. The molecule has 0 spiro atoms. The van der Waals surface area contributed by atoms with Gasteiger partial charge in [-0.05, 0) is 43.5 Å². The zero-order valence-electron chi connectivity index (χ0n) is 13.6. The van der Waals surface area contributed by atoms with Crippen LogP contribution in [0.3, 0.4) is 0 Å². The summed E-state index contributed by atoms with van der Waals surface area (Å²) in [6.07, 6.45) is 0.898. The van der Waals surface area contributed by atoms with Gasteiger partial charge in [0.25, 0.3) is 5.69 Å². The van der Waals surface area contributed by atoms with Gasteiger partial charge in [0.15, 0.2) is 0 Å². The minimum atomic E-state index is -0.404. The van der Waals surface area contributed by atoms with Crippen molar-refractivity contribution in [1.82, 2.24) is 0 Å². The first kappa shape index (κ1) is 17.7.